The van der Waals surface area contributed by atoms with Gasteiger partial charge in [-0.05, 0) is 59.7 Å². The zero-order valence-electron chi connectivity index (χ0n) is 16.7. The number of hydrogen-bond acceptors (Lipinski definition) is 5. The molecular weight excluding hydrogens is 398 g/mol. The lowest BCUT2D eigenvalue weighted by molar-refractivity contribution is -0.389. The van der Waals surface area contributed by atoms with E-state index in [0.29, 0.717) is 46.6 Å². The molecule has 9 heteroatoms. The lowest BCUT2D eigenvalue weighted by Crippen LogP contribution is -2.31. The Kier molecular flexibility index (Phi) is 5.08. The summed E-state index contributed by atoms with van der Waals surface area (Å²) in [7, 11) is 0. The molecule has 4 rings (SSSR count). The van der Waals surface area contributed by atoms with Crippen LogP contribution in [0.2, 0.25) is 0 Å². The van der Waals surface area contributed by atoms with Crippen LogP contribution in [0.1, 0.15) is 21.5 Å². The molecular formula is C22H19N5O4. The van der Waals surface area contributed by atoms with Gasteiger partial charge in [0.1, 0.15) is 5.56 Å². The molecule has 2 amide bonds. The van der Waals surface area contributed by atoms with Gasteiger partial charge in [0.2, 0.25) is 5.91 Å². The summed E-state index contributed by atoms with van der Waals surface area (Å²) in [5.41, 5.74) is 4.22. The quantitative estimate of drug-likeness (QED) is 0.375. The van der Waals surface area contributed by atoms with Gasteiger partial charge in [0.25, 0.3) is 5.91 Å². The predicted molar refractivity (Wildman–Crippen MR) is 115 cm³/mol. The van der Waals surface area contributed by atoms with E-state index in [1.807, 2.05) is 0 Å². The topological polar surface area (TPSA) is 119 Å². The van der Waals surface area contributed by atoms with E-state index in [2.05, 4.69) is 22.3 Å². The number of nitrogens with zero attached hydrogens (tertiary/aromatic N) is 3. The third-order valence-electron chi connectivity index (χ3n) is 5.20. The van der Waals surface area contributed by atoms with Crippen molar-refractivity contribution in [1.29, 1.82) is 0 Å². The molecule has 1 aliphatic heterocycles. The van der Waals surface area contributed by atoms with Crippen molar-refractivity contribution < 1.29 is 14.5 Å². The maximum absolute atomic E-state index is 12.0. The van der Waals surface area contributed by atoms with Crippen molar-refractivity contribution >= 4 is 23.3 Å². The number of carbonyl (C=O) groups is 2. The summed E-state index contributed by atoms with van der Waals surface area (Å²) < 4.78 is 1.43. The normalized spacial score (nSPS) is 12.6. The Labute approximate surface area is 177 Å². The lowest BCUT2D eigenvalue weighted by atomic mass is 9.96. The molecule has 2 heterocycles. The van der Waals surface area contributed by atoms with Gasteiger partial charge in [-0.1, -0.05) is 18.7 Å². The minimum absolute atomic E-state index is 0.146. The Morgan fingerprint density at radius 3 is 2.87 bits per heavy atom. The second-order valence-electron chi connectivity index (χ2n) is 7.09. The molecule has 9 nitrogen and oxygen atoms in total. The highest BCUT2D eigenvalue weighted by Gasteiger charge is 2.26. The number of hydrogen-bond donors (Lipinski definition) is 2. The van der Waals surface area contributed by atoms with Crippen molar-refractivity contribution in [1.82, 2.24) is 15.1 Å². The van der Waals surface area contributed by atoms with Crippen LogP contribution >= 0.6 is 0 Å². The van der Waals surface area contributed by atoms with Crippen LogP contribution in [0, 0.1) is 17.0 Å². The average molecular weight is 417 g/mol. The van der Waals surface area contributed by atoms with Crippen LogP contribution in [-0.2, 0) is 11.2 Å². The van der Waals surface area contributed by atoms with Crippen molar-refractivity contribution in [2.75, 3.05) is 11.9 Å². The first kappa shape index (κ1) is 20.0. The van der Waals surface area contributed by atoms with E-state index in [9.17, 15) is 19.7 Å². The number of aromatic nitrogens is 2. The number of fused-ring (bicyclic) bond motifs is 1. The number of anilines is 1. The molecule has 0 unspecified atom stereocenters. The Morgan fingerprint density at radius 1 is 1.32 bits per heavy atom. The van der Waals surface area contributed by atoms with Gasteiger partial charge in [-0.2, -0.15) is 0 Å². The second-order valence-corrected chi connectivity index (χ2v) is 7.09. The summed E-state index contributed by atoms with van der Waals surface area (Å²) in [6.45, 7) is 5.76. The van der Waals surface area contributed by atoms with Gasteiger partial charge in [-0.15, -0.1) is 4.68 Å². The van der Waals surface area contributed by atoms with Crippen LogP contribution < -0.4 is 10.6 Å². The SMILES string of the molecule is C=CC(=O)Nc1cccc(-n2cc(-c3ccc4c(c3)CCNC4=O)c([N+](=O)[O-])n2)c1C. The van der Waals surface area contributed by atoms with E-state index >= 15 is 0 Å². The summed E-state index contributed by atoms with van der Waals surface area (Å²) in [6.07, 6.45) is 3.41. The predicted octanol–water partition coefficient (Wildman–Crippen LogP) is 3.17. The van der Waals surface area contributed by atoms with Gasteiger partial charge in [-0.3, -0.25) is 9.59 Å². The molecule has 0 bridgehead atoms. The van der Waals surface area contributed by atoms with Crippen molar-refractivity contribution in [2.24, 2.45) is 0 Å². The van der Waals surface area contributed by atoms with Gasteiger partial charge in [-0.25, -0.2) is 0 Å². The monoisotopic (exact) mass is 417 g/mol. The Hall–Kier alpha value is -4.27. The van der Waals surface area contributed by atoms with Gasteiger partial charge < -0.3 is 20.7 Å². The fourth-order valence-corrected chi connectivity index (χ4v) is 3.61. The van der Waals surface area contributed by atoms with Crippen LogP contribution in [-0.4, -0.2) is 33.1 Å². The Morgan fingerprint density at radius 2 is 2.13 bits per heavy atom. The van der Waals surface area contributed by atoms with Gasteiger partial charge >= 0.3 is 5.82 Å². The van der Waals surface area contributed by atoms with Crippen molar-refractivity contribution in [3.8, 4) is 16.8 Å². The molecule has 2 N–H and O–H groups in total. The zero-order valence-corrected chi connectivity index (χ0v) is 16.7. The molecule has 0 radical (unpaired) electrons. The van der Waals surface area contributed by atoms with Crippen LogP contribution in [0.25, 0.3) is 16.8 Å². The molecule has 3 aromatic rings. The molecule has 0 aliphatic carbocycles. The molecule has 2 aromatic carbocycles. The molecule has 0 saturated carbocycles. The minimum atomic E-state index is -0.531. The number of amides is 2. The Balaban J connectivity index is 1.80. The van der Waals surface area contributed by atoms with Crippen molar-refractivity contribution in [3.05, 3.63) is 82.1 Å². The first-order chi connectivity index (χ1) is 14.9. The van der Waals surface area contributed by atoms with Gasteiger partial charge in [0, 0.05) is 23.4 Å². The molecule has 0 atom stereocenters. The van der Waals surface area contributed by atoms with E-state index in [1.54, 1.807) is 49.5 Å². The molecule has 0 saturated heterocycles. The standard InChI is InChI=1S/C22H19N5O4/c1-3-20(28)24-18-5-4-6-19(13(18)2)26-12-17(21(25-26)27(30)31)14-7-8-16-15(11-14)9-10-23-22(16)29/h3-8,11-12H,1,9-10H2,2H3,(H,23,29)(H,24,28). The highest BCUT2D eigenvalue weighted by Crippen LogP contribution is 2.33. The van der Waals surface area contributed by atoms with E-state index in [1.165, 1.54) is 10.8 Å². The van der Waals surface area contributed by atoms with Crippen molar-refractivity contribution in [3.63, 3.8) is 0 Å². The third-order valence-corrected chi connectivity index (χ3v) is 5.20. The number of rotatable bonds is 5. The lowest BCUT2D eigenvalue weighted by Gasteiger charge is -2.16. The number of nitro groups is 1. The molecule has 31 heavy (non-hydrogen) atoms. The maximum Gasteiger partial charge on any atom is 0.398 e. The number of nitrogens with one attached hydrogen (secondary N) is 2. The van der Waals surface area contributed by atoms with E-state index in [0.717, 1.165) is 5.56 Å². The van der Waals surface area contributed by atoms with Crippen LogP contribution in [0.15, 0.2) is 55.3 Å². The fourth-order valence-electron chi connectivity index (χ4n) is 3.61. The van der Waals surface area contributed by atoms with Crippen LogP contribution in [0.3, 0.4) is 0 Å². The largest absolute Gasteiger partial charge is 0.398 e. The summed E-state index contributed by atoms with van der Waals surface area (Å²) in [5, 5.41) is 21.4. The maximum atomic E-state index is 12.0. The summed E-state index contributed by atoms with van der Waals surface area (Å²) >= 11 is 0. The summed E-state index contributed by atoms with van der Waals surface area (Å²) in [5.74, 6) is -0.794. The van der Waals surface area contributed by atoms with Crippen LogP contribution in [0.5, 0.6) is 0 Å². The van der Waals surface area contributed by atoms with E-state index in [4.69, 9.17) is 0 Å². The van der Waals surface area contributed by atoms with Gasteiger partial charge in [0.15, 0.2) is 0 Å². The molecule has 1 aromatic heterocycles. The Bertz CT molecular complexity index is 1240. The number of benzene rings is 2. The fraction of sp³-hybridized carbons (Fsp3) is 0.136. The third kappa shape index (κ3) is 3.68. The van der Waals surface area contributed by atoms with E-state index < -0.39 is 4.92 Å². The molecule has 0 spiro atoms. The molecule has 0 fully saturated rings. The zero-order chi connectivity index (χ0) is 22.1. The summed E-state index contributed by atoms with van der Waals surface area (Å²) in [6, 6.07) is 10.4. The molecule has 1 aliphatic rings. The highest BCUT2D eigenvalue weighted by atomic mass is 16.6. The van der Waals surface area contributed by atoms with Crippen LogP contribution in [0.4, 0.5) is 11.5 Å². The first-order valence-electron chi connectivity index (χ1n) is 9.58. The minimum Gasteiger partial charge on any atom is -0.358 e. The first-order valence-corrected chi connectivity index (χ1v) is 9.58. The second kappa shape index (κ2) is 7.86. The number of carbonyl (C=O) groups excluding carboxylic acids is 2. The van der Waals surface area contributed by atoms with Gasteiger partial charge in [0.05, 0.1) is 17.0 Å². The molecule has 156 valence electrons. The van der Waals surface area contributed by atoms with E-state index in [-0.39, 0.29) is 17.6 Å². The summed E-state index contributed by atoms with van der Waals surface area (Å²) in [4.78, 5) is 34.9. The average Bonchev–Trinajstić information content (AvgIpc) is 3.20. The van der Waals surface area contributed by atoms with Crippen molar-refractivity contribution in [2.45, 2.75) is 13.3 Å². The smallest absolute Gasteiger partial charge is 0.358 e. The highest BCUT2D eigenvalue weighted by molar-refractivity contribution is 5.99.